The summed E-state index contributed by atoms with van der Waals surface area (Å²) in [4.78, 5) is 12.3. The Morgan fingerprint density at radius 2 is 2.22 bits per heavy atom. The smallest absolute Gasteiger partial charge is 0.247 e. The van der Waals surface area contributed by atoms with E-state index in [-0.39, 0.29) is 11.8 Å². The van der Waals surface area contributed by atoms with Gasteiger partial charge in [0, 0.05) is 0 Å². The lowest BCUT2D eigenvalue weighted by molar-refractivity contribution is -0.0434. The Morgan fingerprint density at radius 3 is 2.83 bits per heavy atom. The van der Waals surface area contributed by atoms with Crippen LogP contribution in [0.15, 0.2) is 6.33 Å². The summed E-state index contributed by atoms with van der Waals surface area (Å²) >= 11 is 12.4. The maximum absolute atomic E-state index is 10.1. The molecule has 23 heavy (non-hydrogen) atoms. The number of anilines is 1. The SMILES string of the molecule is CCOc1nc(N)nc2c1ncn2C1OC(CO)C(O)C1(Cl)Cl. The second-order valence-corrected chi connectivity index (χ2v) is 6.42. The summed E-state index contributed by atoms with van der Waals surface area (Å²) in [6.07, 6.45) is -1.86. The first-order valence-electron chi connectivity index (χ1n) is 6.85. The third kappa shape index (κ3) is 2.58. The Morgan fingerprint density at radius 1 is 1.48 bits per heavy atom. The van der Waals surface area contributed by atoms with Gasteiger partial charge in [-0.2, -0.15) is 9.97 Å². The molecule has 126 valence electrons. The minimum Gasteiger partial charge on any atom is -0.476 e. The molecule has 0 aromatic carbocycles. The number of imidazole rings is 1. The van der Waals surface area contributed by atoms with E-state index in [1.807, 2.05) is 0 Å². The first-order chi connectivity index (χ1) is 10.9. The predicted molar refractivity (Wildman–Crippen MR) is 82.3 cm³/mol. The number of alkyl halides is 2. The van der Waals surface area contributed by atoms with Crippen LogP contribution in [-0.2, 0) is 4.74 Å². The monoisotopic (exact) mass is 363 g/mol. The molecule has 0 saturated carbocycles. The van der Waals surface area contributed by atoms with E-state index in [4.69, 9.17) is 38.4 Å². The van der Waals surface area contributed by atoms with Gasteiger partial charge < -0.3 is 25.4 Å². The van der Waals surface area contributed by atoms with Gasteiger partial charge in [-0.05, 0) is 6.92 Å². The van der Waals surface area contributed by atoms with Gasteiger partial charge in [0.25, 0.3) is 0 Å². The number of nitrogen functional groups attached to an aromatic ring is 1. The second-order valence-electron chi connectivity index (χ2n) is 4.97. The summed E-state index contributed by atoms with van der Waals surface area (Å²) in [6, 6.07) is 0. The van der Waals surface area contributed by atoms with E-state index < -0.39 is 29.4 Å². The fourth-order valence-corrected chi connectivity index (χ4v) is 3.03. The maximum Gasteiger partial charge on any atom is 0.247 e. The van der Waals surface area contributed by atoms with Gasteiger partial charge in [-0.15, -0.1) is 0 Å². The van der Waals surface area contributed by atoms with Crippen LogP contribution >= 0.6 is 23.2 Å². The Labute approximate surface area is 141 Å². The highest BCUT2D eigenvalue weighted by molar-refractivity contribution is 6.49. The van der Waals surface area contributed by atoms with Crippen molar-refractivity contribution in [3.05, 3.63) is 6.33 Å². The number of aliphatic hydroxyl groups is 2. The minimum atomic E-state index is -1.70. The van der Waals surface area contributed by atoms with E-state index in [0.29, 0.717) is 17.8 Å². The fraction of sp³-hybridized carbons (Fsp3) is 0.583. The summed E-state index contributed by atoms with van der Waals surface area (Å²) < 4.78 is 10.7. The van der Waals surface area contributed by atoms with Gasteiger partial charge in [-0.3, -0.25) is 4.57 Å². The molecule has 4 N–H and O–H groups in total. The predicted octanol–water partition coefficient (Wildman–Crippen LogP) is 0.232. The van der Waals surface area contributed by atoms with Crippen LogP contribution in [0.3, 0.4) is 0 Å². The number of hydrogen-bond acceptors (Lipinski definition) is 8. The molecule has 1 aliphatic heterocycles. The molecule has 11 heteroatoms. The van der Waals surface area contributed by atoms with Gasteiger partial charge in [0.15, 0.2) is 21.7 Å². The van der Waals surface area contributed by atoms with Gasteiger partial charge in [-0.25, -0.2) is 4.98 Å². The van der Waals surface area contributed by atoms with E-state index in [9.17, 15) is 10.2 Å². The number of ether oxygens (including phenoxy) is 2. The molecule has 0 aliphatic carbocycles. The number of nitrogens with two attached hydrogens (primary N) is 1. The minimum absolute atomic E-state index is 0.0188. The Kier molecular flexibility index (Phi) is 4.23. The quantitative estimate of drug-likeness (QED) is 0.658. The van der Waals surface area contributed by atoms with Gasteiger partial charge in [0.05, 0.1) is 19.5 Å². The zero-order chi connectivity index (χ0) is 16.8. The third-order valence-corrected chi connectivity index (χ3v) is 4.32. The summed E-state index contributed by atoms with van der Waals surface area (Å²) in [5.74, 6) is 0.204. The number of fused-ring (bicyclic) bond motifs is 1. The molecular weight excluding hydrogens is 349 g/mol. The van der Waals surface area contributed by atoms with E-state index in [0.717, 1.165) is 0 Å². The van der Waals surface area contributed by atoms with Gasteiger partial charge in [-0.1, -0.05) is 23.2 Å². The number of nitrogens with zero attached hydrogens (tertiary/aromatic N) is 4. The van der Waals surface area contributed by atoms with Crippen molar-refractivity contribution in [1.29, 1.82) is 0 Å². The first kappa shape index (κ1) is 16.5. The third-order valence-electron chi connectivity index (χ3n) is 3.50. The van der Waals surface area contributed by atoms with Crippen LogP contribution in [0.5, 0.6) is 5.88 Å². The number of aliphatic hydroxyl groups excluding tert-OH is 2. The second kappa shape index (κ2) is 5.91. The van der Waals surface area contributed by atoms with Crippen LogP contribution in [0.2, 0.25) is 0 Å². The molecule has 0 amide bonds. The molecule has 3 atom stereocenters. The van der Waals surface area contributed by atoms with Gasteiger partial charge in [0.1, 0.15) is 12.2 Å². The largest absolute Gasteiger partial charge is 0.476 e. The summed E-state index contributed by atoms with van der Waals surface area (Å²) in [5, 5.41) is 19.3. The molecule has 1 fully saturated rings. The molecule has 9 nitrogen and oxygen atoms in total. The topological polar surface area (TPSA) is 129 Å². The summed E-state index contributed by atoms with van der Waals surface area (Å²) in [5.41, 5.74) is 6.34. The van der Waals surface area contributed by atoms with Crippen molar-refractivity contribution < 1.29 is 19.7 Å². The van der Waals surface area contributed by atoms with Gasteiger partial charge in [0.2, 0.25) is 11.8 Å². The zero-order valence-electron chi connectivity index (χ0n) is 12.1. The van der Waals surface area contributed by atoms with E-state index in [2.05, 4.69) is 15.0 Å². The number of aromatic nitrogens is 4. The summed E-state index contributed by atoms with van der Waals surface area (Å²) in [7, 11) is 0. The zero-order valence-corrected chi connectivity index (χ0v) is 13.6. The van der Waals surface area contributed by atoms with Crippen LogP contribution in [0.25, 0.3) is 11.2 Å². The molecule has 2 aromatic heterocycles. The maximum atomic E-state index is 10.1. The normalized spacial score (nSPS) is 26.7. The van der Waals surface area contributed by atoms with Crippen molar-refractivity contribution in [2.45, 2.75) is 29.7 Å². The molecule has 1 saturated heterocycles. The Bertz CT molecular complexity index is 725. The van der Waals surface area contributed by atoms with Crippen molar-refractivity contribution in [2.24, 2.45) is 0 Å². The standard InChI is InChI=1S/C12H15Cl2N5O4/c1-2-22-9-6-8(17-11(15)18-9)19(4-16-6)10-12(13,14)7(21)5(3-20)23-10/h4-5,7,10,20-21H,2-3H2,1H3,(H2,15,17,18). The number of hydrogen-bond donors (Lipinski definition) is 3. The van der Waals surface area contributed by atoms with Gasteiger partial charge >= 0.3 is 0 Å². The van der Waals surface area contributed by atoms with E-state index in [1.54, 1.807) is 6.92 Å². The Balaban J connectivity index is 2.10. The van der Waals surface area contributed by atoms with Crippen LogP contribution in [0.1, 0.15) is 13.2 Å². The highest BCUT2D eigenvalue weighted by atomic mass is 35.5. The molecule has 3 unspecified atom stereocenters. The molecule has 2 aromatic rings. The average Bonchev–Trinajstić information content (AvgIpc) is 3.00. The lowest BCUT2D eigenvalue weighted by Gasteiger charge is -2.23. The van der Waals surface area contributed by atoms with Crippen molar-refractivity contribution in [3.63, 3.8) is 0 Å². The molecule has 0 bridgehead atoms. The van der Waals surface area contributed by atoms with Crippen LogP contribution < -0.4 is 10.5 Å². The molecule has 0 spiro atoms. The lowest BCUT2D eigenvalue weighted by Crippen LogP contribution is -2.37. The molecule has 1 aliphatic rings. The lowest BCUT2D eigenvalue weighted by atomic mass is 10.2. The highest BCUT2D eigenvalue weighted by Crippen LogP contribution is 2.47. The van der Waals surface area contributed by atoms with E-state index in [1.165, 1.54) is 10.9 Å². The van der Waals surface area contributed by atoms with Crippen LogP contribution in [-0.4, -0.2) is 59.5 Å². The number of halogens is 2. The fourth-order valence-electron chi connectivity index (χ4n) is 2.43. The van der Waals surface area contributed by atoms with Crippen LogP contribution in [0.4, 0.5) is 5.95 Å². The first-order valence-corrected chi connectivity index (χ1v) is 7.60. The number of rotatable bonds is 4. The van der Waals surface area contributed by atoms with Crippen molar-refractivity contribution >= 4 is 40.3 Å². The highest BCUT2D eigenvalue weighted by Gasteiger charge is 2.55. The molecule has 3 rings (SSSR count). The molecule has 0 radical (unpaired) electrons. The van der Waals surface area contributed by atoms with Crippen LogP contribution in [0, 0.1) is 0 Å². The van der Waals surface area contributed by atoms with Crippen molar-refractivity contribution in [3.8, 4) is 5.88 Å². The van der Waals surface area contributed by atoms with Crippen molar-refractivity contribution in [1.82, 2.24) is 19.5 Å². The summed E-state index contributed by atoms with van der Waals surface area (Å²) in [6.45, 7) is 1.73. The van der Waals surface area contributed by atoms with E-state index >= 15 is 0 Å². The molecular formula is C12H15Cl2N5O4. The average molecular weight is 364 g/mol. The molecule has 3 heterocycles. The Hall–Kier alpha value is -1.39. The van der Waals surface area contributed by atoms with Crippen molar-refractivity contribution in [2.75, 3.05) is 18.9 Å².